The highest BCUT2D eigenvalue weighted by Crippen LogP contribution is 2.32. The molecule has 0 amide bonds. The molecule has 0 bridgehead atoms. The summed E-state index contributed by atoms with van der Waals surface area (Å²) in [5.41, 5.74) is 1.02. The van der Waals surface area contributed by atoms with E-state index in [1.165, 1.54) is 0 Å². The summed E-state index contributed by atoms with van der Waals surface area (Å²) < 4.78 is 22.8. The van der Waals surface area contributed by atoms with Crippen LogP contribution in [0.25, 0.3) is 11.0 Å². The third kappa shape index (κ3) is 3.98. The van der Waals surface area contributed by atoms with Gasteiger partial charge in [-0.2, -0.15) is 0 Å². The molecule has 5 nitrogen and oxygen atoms in total. The molecule has 1 aromatic heterocycles. The van der Waals surface area contributed by atoms with E-state index in [1.54, 1.807) is 50.4 Å². The normalized spacial score (nSPS) is 10.8. The minimum Gasteiger partial charge on any atom is -0.493 e. The predicted octanol–water partition coefficient (Wildman–Crippen LogP) is 6.13. The van der Waals surface area contributed by atoms with Crippen molar-refractivity contribution in [2.24, 2.45) is 0 Å². The van der Waals surface area contributed by atoms with Gasteiger partial charge in [-0.25, -0.2) is 0 Å². The van der Waals surface area contributed by atoms with Crippen molar-refractivity contribution in [1.29, 1.82) is 0 Å². The molecule has 1 heterocycles. The number of halogens is 1. The van der Waals surface area contributed by atoms with Crippen LogP contribution >= 0.6 is 11.6 Å². The van der Waals surface area contributed by atoms with Crippen molar-refractivity contribution in [3.63, 3.8) is 0 Å². The van der Waals surface area contributed by atoms with Crippen LogP contribution in [0.15, 0.2) is 75.9 Å². The molecule has 0 saturated carbocycles. The fraction of sp³-hybridized carbons (Fsp3) is 0.125. The van der Waals surface area contributed by atoms with Gasteiger partial charge in [0.2, 0.25) is 11.2 Å². The zero-order chi connectivity index (χ0) is 21.1. The molecule has 0 aliphatic heterocycles. The number of fused-ring (bicyclic) bond motifs is 1. The van der Waals surface area contributed by atoms with Crippen LogP contribution in [-0.2, 0) is 6.61 Å². The second kappa shape index (κ2) is 8.51. The van der Waals surface area contributed by atoms with E-state index >= 15 is 0 Å². The van der Waals surface area contributed by atoms with Crippen LogP contribution in [0.1, 0.15) is 11.3 Å². The summed E-state index contributed by atoms with van der Waals surface area (Å²) in [6.45, 7) is 1.99. The van der Waals surface area contributed by atoms with Gasteiger partial charge in [-0.15, -0.1) is 0 Å². The Bertz CT molecular complexity index is 1260. The van der Waals surface area contributed by atoms with Gasteiger partial charge in [-0.1, -0.05) is 41.9 Å². The number of para-hydroxylation sites is 2. The Balaban J connectivity index is 1.64. The maximum atomic E-state index is 13.0. The van der Waals surface area contributed by atoms with Crippen LogP contribution in [0.3, 0.4) is 0 Å². The summed E-state index contributed by atoms with van der Waals surface area (Å²) in [4.78, 5) is 13.0. The monoisotopic (exact) mass is 422 g/mol. The first-order valence-electron chi connectivity index (χ1n) is 9.31. The number of aryl methyl sites for hydroxylation is 1. The molecule has 0 atom stereocenters. The van der Waals surface area contributed by atoms with E-state index in [2.05, 4.69) is 0 Å². The van der Waals surface area contributed by atoms with E-state index in [0.29, 0.717) is 45.6 Å². The predicted molar refractivity (Wildman–Crippen MR) is 116 cm³/mol. The summed E-state index contributed by atoms with van der Waals surface area (Å²) in [5.74, 6) is 2.02. The molecule has 4 aromatic rings. The molecule has 0 radical (unpaired) electrons. The van der Waals surface area contributed by atoms with E-state index in [-0.39, 0.29) is 11.2 Å². The number of rotatable bonds is 6. The first-order valence-corrected chi connectivity index (χ1v) is 9.69. The van der Waals surface area contributed by atoms with Gasteiger partial charge in [0.25, 0.3) is 0 Å². The highest BCUT2D eigenvalue weighted by atomic mass is 35.5. The molecule has 0 aliphatic carbocycles. The number of methoxy groups -OCH3 is 1. The number of hydrogen-bond donors (Lipinski definition) is 0. The molecule has 0 aliphatic rings. The largest absolute Gasteiger partial charge is 0.493 e. The quantitative estimate of drug-likeness (QED) is 0.374. The average Bonchev–Trinajstić information content (AvgIpc) is 2.76. The van der Waals surface area contributed by atoms with Crippen LogP contribution in [0.4, 0.5) is 0 Å². The molecular formula is C24H19ClO5. The summed E-state index contributed by atoms with van der Waals surface area (Å²) in [6, 6.07) is 19.7. The molecule has 152 valence electrons. The second-order valence-electron chi connectivity index (χ2n) is 6.61. The lowest BCUT2D eigenvalue weighted by molar-refractivity contribution is 0.306. The lowest BCUT2D eigenvalue weighted by Gasteiger charge is -2.12. The van der Waals surface area contributed by atoms with E-state index in [4.69, 9.17) is 30.2 Å². The van der Waals surface area contributed by atoms with E-state index < -0.39 is 0 Å². The van der Waals surface area contributed by atoms with Crippen molar-refractivity contribution >= 4 is 22.6 Å². The van der Waals surface area contributed by atoms with E-state index in [1.807, 2.05) is 30.3 Å². The first-order chi connectivity index (χ1) is 14.6. The Labute approximate surface area is 178 Å². The average molecular weight is 423 g/mol. The Morgan fingerprint density at radius 2 is 1.70 bits per heavy atom. The molecule has 3 aromatic carbocycles. The number of hydrogen-bond acceptors (Lipinski definition) is 5. The second-order valence-corrected chi connectivity index (χ2v) is 7.01. The van der Waals surface area contributed by atoms with Crippen molar-refractivity contribution < 1.29 is 18.6 Å². The van der Waals surface area contributed by atoms with Crippen LogP contribution < -0.4 is 19.6 Å². The van der Waals surface area contributed by atoms with Crippen molar-refractivity contribution in [2.75, 3.05) is 7.11 Å². The van der Waals surface area contributed by atoms with Gasteiger partial charge >= 0.3 is 0 Å². The molecule has 0 fully saturated rings. The molecule has 0 N–H and O–H groups in total. The number of ether oxygens (including phenoxy) is 3. The Morgan fingerprint density at radius 1 is 0.967 bits per heavy atom. The zero-order valence-electron chi connectivity index (χ0n) is 16.5. The first kappa shape index (κ1) is 19.9. The topological polar surface area (TPSA) is 57.9 Å². The third-order valence-corrected chi connectivity index (χ3v) is 4.99. The molecule has 6 heteroatoms. The minimum absolute atomic E-state index is 0.122. The van der Waals surface area contributed by atoms with Gasteiger partial charge < -0.3 is 18.6 Å². The molecular weight excluding hydrogens is 404 g/mol. The fourth-order valence-electron chi connectivity index (χ4n) is 3.07. The lowest BCUT2D eigenvalue weighted by atomic mass is 10.2. The lowest BCUT2D eigenvalue weighted by Crippen LogP contribution is -2.08. The van der Waals surface area contributed by atoms with Crippen molar-refractivity contribution in [3.8, 4) is 23.0 Å². The summed E-state index contributed by atoms with van der Waals surface area (Å²) in [5, 5.41) is 1.04. The van der Waals surface area contributed by atoms with Crippen molar-refractivity contribution in [1.82, 2.24) is 0 Å². The van der Waals surface area contributed by atoms with Gasteiger partial charge in [-0.05, 0) is 37.3 Å². The Morgan fingerprint density at radius 3 is 2.47 bits per heavy atom. The molecule has 0 unspecified atom stereocenters. The third-order valence-electron chi connectivity index (χ3n) is 4.62. The SMILES string of the molecule is COc1ccccc1Oc1c(C)oc2cc(OCc3ccccc3Cl)ccc2c1=O. The van der Waals surface area contributed by atoms with Gasteiger partial charge in [0.05, 0.1) is 12.5 Å². The maximum absolute atomic E-state index is 13.0. The van der Waals surface area contributed by atoms with Crippen LogP contribution in [0.2, 0.25) is 5.02 Å². The van der Waals surface area contributed by atoms with Gasteiger partial charge in [-0.3, -0.25) is 4.79 Å². The highest BCUT2D eigenvalue weighted by molar-refractivity contribution is 6.31. The minimum atomic E-state index is -0.266. The van der Waals surface area contributed by atoms with E-state index in [0.717, 1.165) is 5.56 Å². The summed E-state index contributed by atoms with van der Waals surface area (Å²) in [6.07, 6.45) is 0. The Hall–Kier alpha value is -3.44. The van der Waals surface area contributed by atoms with Crippen LogP contribution in [0.5, 0.6) is 23.0 Å². The van der Waals surface area contributed by atoms with Gasteiger partial charge in [0.1, 0.15) is 23.7 Å². The van der Waals surface area contributed by atoms with Gasteiger partial charge in [0, 0.05) is 16.7 Å². The maximum Gasteiger partial charge on any atom is 0.235 e. The smallest absolute Gasteiger partial charge is 0.235 e. The highest BCUT2D eigenvalue weighted by Gasteiger charge is 2.16. The van der Waals surface area contributed by atoms with Crippen molar-refractivity contribution in [3.05, 3.63) is 93.3 Å². The molecule has 4 rings (SSSR count). The summed E-state index contributed by atoms with van der Waals surface area (Å²) >= 11 is 6.17. The molecule has 0 saturated heterocycles. The fourth-order valence-corrected chi connectivity index (χ4v) is 3.26. The summed E-state index contributed by atoms with van der Waals surface area (Å²) in [7, 11) is 1.54. The Kier molecular flexibility index (Phi) is 5.63. The van der Waals surface area contributed by atoms with Crippen LogP contribution in [-0.4, -0.2) is 7.11 Å². The number of benzene rings is 3. The molecule has 30 heavy (non-hydrogen) atoms. The zero-order valence-corrected chi connectivity index (χ0v) is 17.2. The van der Waals surface area contributed by atoms with Gasteiger partial charge in [0.15, 0.2) is 11.5 Å². The van der Waals surface area contributed by atoms with Crippen molar-refractivity contribution in [2.45, 2.75) is 13.5 Å². The van der Waals surface area contributed by atoms with E-state index in [9.17, 15) is 4.79 Å². The molecule has 0 spiro atoms. The van der Waals surface area contributed by atoms with Crippen LogP contribution in [0, 0.1) is 6.92 Å². The standard InChI is InChI=1S/C24H19ClO5/c1-15-24(30-21-10-6-5-9-20(21)27-2)23(26)18-12-11-17(13-22(18)29-15)28-14-16-7-3-4-8-19(16)25/h3-13H,14H2,1-2H3.